The van der Waals surface area contributed by atoms with Gasteiger partial charge in [0, 0.05) is 11.3 Å². The van der Waals surface area contributed by atoms with Gasteiger partial charge in [0.1, 0.15) is 0 Å². The molecule has 0 nitrogen and oxygen atoms in total. The largest absolute Gasteiger partial charge is 0.0760 e. The summed E-state index contributed by atoms with van der Waals surface area (Å²) < 4.78 is 0. The van der Waals surface area contributed by atoms with E-state index in [0.717, 1.165) is 0 Å². The first-order valence-electron chi connectivity index (χ1n) is 8.02. The van der Waals surface area contributed by atoms with Crippen molar-refractivity contribution in [2.75, 3.05) is 0 Å². The van der Waals surface area contributed by atoms with E-state index in [2.05, 4.69) is 106 Å². The second kappa shape index (κ2) is 5.61. The predicted molar refractivity (Wildman–Crippen MR) is 95.0 cm³/mol. The highest BCUT2D eigenvalue weighted by molar-refractivity contribution is 5.45. The third-order valence-corrected chi connectivity index (χ3v) is 4.81. The van der Waals surface area contributed by atoms with Gasteiger partial charge in [-0.05, 0) is 16.5 Å². The zero-order valence-corrected chi connectivity index (χ0v) is 13.7. The summed E-state index contributed by atoms with van der Waals surface area (Å²) >= 11 is 0. The van der Waals surface area contributed by atoms with Crippen LogP contribution < -0.4 is 0 Å². The second-order valence-electron chi connectivity index (χ2n) is 7.14. The summed E-state index contributed by atoms with van der Waals surface area (Å²) in [6.07, 6.45) is 9.52. The monoisotopic (exact) mass is 288 g/mol. The van der Waals surface area contributed by atoms with Gasteiger partial charge in [0.05, 0.1) is 0 Å². The zero-order valence-electron chi connectivity index (χ0n) is 13.7. The lowest BCUT2D eigenvalue weighted by Crippen LogP contribution is -2.37. The Balaban J connectivity index is 2.01. The zero-order chi connectivity index (χ0) is 15.6. The molecule has 2 aromatic carbocycles. The van der Waals surface area contributed by atoms with Crippen LogP contribution in [-0.4, -0.2) is 0 Å². The molecule has 0 unspecified atom stereocenters. The standard InChI is InChI=1S/C22H24/c1-21(2,3)22(20-12-8-5-9-13-20)16-14-19(15-17-22)18-10-6-4-7-11-18/h4-17,19H,1-3H3. The highest BCUT2D eigenvalue weighted by Crippen LogP contribution is 2.47. The number of benzene rings is 2. The Morgan fingerprint density at radius 3 is 1.73 bits per heavy atom. The highest BCUT2D eigenvalue weighted by Gasteiger charge is 2.40. The molecular formula is C22H24. The minimum absolute atomic E-state index is 0.0421. The van der Waals surface area contributed by atoms with Crippen LogP contribution in [0, 0.1) is 5.41 Å². The van der Waals surface area contributed by atoms with Gasteiger partial charge in [0.25, 0.3) is 0 Å². The Kier molecular flexibility index (Phi) is 3.78. The van der Waals surface area contributed by atoms with Crippen molar-refractivity contribution in [3.05, 3.63) is 96.1 Å². The van der Waals surface area contributed by atoms with Crippen LogP contribution in [0.15, 0.2) is 85.0 Å². The van der Waals surface area contributed by atoms with Crippen LogP contribution in [0.25, 0.3) is 0 Å². The lowest BCUT2D eigenvalue weighted by Gasteiger charge is -2.43. The van der Waals surface area contributed by atoms with Crippen molar-refractivity contribution in [3.63, 3.8) is 0 Å². The molecule has 0 saturated carbocycles. The maximum absolute atomic E-state index is 2.40. The fraction of sp³-hybridized carbons (Fsp3) is 0.273. The van der Waals surface area contributed by atoms with Gasteiger partial charge >= 0.3 is 0 Å². The van der Waals surface area contributed by atoms with Crippen molar-refractivity contribution < 1.29 is 0 Å². The Bertz CT molecular complexity index is 655. The van der Waals surface area contributed by atoms with E-state index < -0.39 is 0 Å². The topological polar surface area (TPSA) is 0 Å². The van der Waals surface area contributed by atoms with Gasteiger partial charge in [-0.15, -0.1) is 0 Å². The SMILES string of the molecule is CC(C)(C)C1(c2ccccc2)C=CC(c2ccccc2)C=C1. The Morgan fingerprint density at radius 2 is 1.23 bits per heavy atom. The summed E-state index contributed by atoms with van der Waals surface area (Å²) in [7, 11) is 0. The van der Waals surface area contributed by atoms with Crippen molar-refractivity contribution >= 4 is 0 Å². The van der Waals surface area contributed by atoms with Crippen LogP contribution in [0.2, 0.25) is 0 Å². The molecule has 22 heavy (non-hydrogen) atoms. The quantitative estimate of drug-likeness (QED) is 0.605. The summed E-state index contributed by atoms with van der Waals surface area (Å²) in [6.45, 7) is 6.95. The molecule has 1 aliphatic rings. The molecule has 0 spiro atoms. The van der Waals surface area contributed by atoms with Gasteiger partial charge in [0.15, 0.2) is 0 Å². The molecule has 2 aromatic rings. The van der Waals surface area contributed by atoms with Crippen LogP contribution in [0.4, 0.5) is 0 Å². The van der Waals surface area contributed by atoms with E-state index in [-0.39, 0.29) is 10.8 Å². The van der Waals surface area contributed by atoms with Gasteiger partial charge in [0.2, 0.25) is 0 Å². The summed E-state index contributed by atoms with van der Waals surface area (Å²) in [5.41, 5.74) is 2.80. The van der Waals surface area contributed by atoms with Gasteiger partial charge in [-0.1, -0.05) is 106 Å². The predicted octanol–water partition coefficient (Wildman–Crippen LogP) is 5.88. The van der Waals surface area contributed by atoms with Crippen LogP contribution in [-0.2, 0) is 5.41 Å². The molecule has 0 saturated heterocycles. The minimum atomic E-state index is -0.0421. The molecule has 1 aliphatic carbocycles. The Morgan fingerprint density at radius 1 is 0.727 bits per heavy atom. The number of rotatable bonds is 2. The fourth-order valence-corrected chi connectivity index (χ4v) is 3.37. The van der Waals surface area contributed by atoms with Crippen LogP contribution in [0.5, 0.6) is 0 Å². The van der Waals surface area contributed by atoms with E-state index in [1.54, 1.807) is 0 Å². The van der Waals surface area contributed by atoms with Crippen LogP contribution in [0.3, 0.4) is 0 Å². The molecule has 0 N–H and O–H groups in total. The van der Waals surface area contributed by atoms with Crippen molar-refractivity contribution in [2.45, 2.75) is 32.1 Å². The molecule has 0 heteroatoms. The molecule has 0 radical (unpaired) electrons. The van der Waals surface area contributed by atoms with Crippen molar-refractivity contribution in [2.24, 2.45) is 5.41 Å². The molecule has 112 valence electrons. The first-order chi connectivity index (χ1) is 10.5. The molecule has 0 fully saturated rings. The van der Waals surface area contributed by atoms with Crippen LogP contribution >= 0.6 is 0 Å². The molecule has 0 aliphatic heterocycles. The molecule has 0 atom stereocenters. The minimum Gasteiger partial charge on any atom is -0.0760 e. The van der Waals surface area contributed by atoms with Gasteiger partial charge in [-0.3, -0.25) is 0 Å². The average Bonchev–Trinajstić information content (AvgIpc) is 2.55. The molecule has 3 rings (SSSR count). The molecule has 0 heterocycles. The smallest absolute Gasteiger partial charge is 0.0361 e. The number of hydrogen-bond donors (Lipinski definition) is 0. The maximum atomic E-state index is 2.40. The summed E-state index contributed by atoms with van der Waals surface area (Å²) in [5.74, 6) is 0.375. The molecule has 0 bridgehead atoms. The first kappa shape index (κ1) is 14.8. The normalized spacial score (nSPS) is 24.4. The van der Waals surface area contributed by atoms with E-state index in [9.17, 15) is 0 Å². The second-order valence-corrected chi connectivity index (χ2v) is 7.14. The third kappa shape index (κ3) is 2.54. The Hall–Kier alpha value is -2.08. The molecule has 0 amide bonds. The summed E-state index contributed by atoms with van der Waals surface area (Å²) in [5, 5.41) is 0. The van der Waals surface area contributed by atoms with E-state index >= 15 is 0 Å². The molecule has 0 aromatic heterocycles. The van der Waals surface area contributed by atoms with Crippen molar-refractivity contribution in [1.29, 1.82) is 0 Å². The van der Waals surface area contributed by atoms with Crippen LogP contribution in [0.1, 0.15) is 37.8 Å². The lowest BCUT2D eigenvalue weighted by molar-refractivity contribution is 0.287. The first-order valence-corrected chi connectivity index (χ1v) is 8.02. The Labute approximate surface area is 134 Å². The van der Waals surface area contributed by atoms with Gasteiger partial charge < -0.3 is 0 Å². The van der Waals surface area contributed by atoms with E-state index in [1.165, 1.54) is 11.1 Å². The number of hydrogen-bond acceptors (Lipinski definition) is 0. The van der Waals surface area contributed by atoms with Gasteiger partial charge in [-0.2, -0.15) is 0 Å². The van der Waals surface area contributed by atoms with Crippen molar-refractivity contribution in [3.8, 4) is 0 Å². The third-order valence-electron chi connectivity index (χ3n) is 4.81. The lowest BCUT2D eigenvalue weighted by atomic mass is 9.60. The summed E-state index contributed by atoms with van der Waals surface area (Å²) in [4.78, 5) is 0. The van der Waals surface area contributed by atoms with E-state index in [1.807, 2.05) is 0 Å². The van der Waals surface area contributed by atoms with Crippen molar-refractivity contribution in [1.82, 2.24) is 0 Å². The fourth-order valence-electron chi connectivity index (χ4n) is 3.37. The summed E-state index contributed by atoms with van der Waals surface area (Å²) in [6, 6.07) is 21.5. The number of allylic oxidation sites excluding steroid dienone is 4. The highest BCUT2D eigenvalue weighted by atomic mass is 14.4. The maximum Gasteiger partial charge on any atom is 0.0361 e. The van der Waals surface area contributed by atoms with E-state index in [4.69, 9.17) is 0 Å². The molecular weight excluding hydrogens is 264 g/mol. The van der Waals surface area contributed by atoms with Gasteiger partial charge in [-0.25, -0.2) is 0 Å². The van der Waals surface area contributed by atoms with E-state index in [0.29, 0.717) is 5.92 Å². The average molecular weight is 288 g/mol.